The fourth-order valence-corrected chi connectivity index (χ4v) is 1.75. The summed E-state index contributed by atoms with van der Waals surface area (Å²) in [5.74, 6) is 0. The fraction of sp³-hybridized carbons (Fsp3) is 0.312. The van der Waals surface area contributed by atoms with Gasteiger partial charge in [-0.1, -0.05) is 48.5 Å². The van der Waals surface area contributed by atoms with Crippen molar-refractivity contribution in [3.05, 3.63) is 48.5 Å². The average molecular weight is 308 g/mol. The number of benzene rings is 2. The van der Waals surface area contributed by atoms with Crippen molar-refractivity contribution >= 4 is 17.1 Å². The Morgan fingerprint density at radius 3 is 1.55 bits per heavy atom. The van der Waals surface area contributed by atoms with Gasteiger partial charge in [-0.2, -0.15) is 0 Å². The first-order valence-electron chi connectivity index (χ1n) is 6.73. The molecule has 0 unspecified atom stereocenters. The van der Waals surface area contributed by atoms with Crippen molar-refractivity contribution in [2.24, 2.45) is 0 Å². The minimum atomic E-state index is -1.79. The maximum Gasteiger partial charge on any atom is 0.151 e. The normalized spacial score (nSPS) is 16.0. The molecule has 0 heterocycles. The molecule has 0 saturated heterocycles. The summed E-state index contributed by atoms with van der Waals surface area (Å²) in [6.07, 6.45) is -6.84. The van der Waals surface area contributed by atoms with E-state index >= 15 is 0 Å². The highest BCUT2D eigenvalue weighted by Gasteiger charge is 2.29. The van der Waals surface area contributed by atoms with Crippen LogP contribution >= 0.6 is 0 Å². The molecule has 0 spiro atoms. The highest BCUT2D eigenvalue weighted by atomic mass is 16.4. The van der Waals surface area contributed by atoms with Crippen LogP contribution in [0.1, 0.15) is 0 Å². The molecule has 0 radical (unpaired) electrons. The van der Waals surface area contributed by atoms with Crippen molar-refractivity contribution in [1.82, 2.24) is 0 Å². The Hall–Kier alpha value is -1.83. The van der Waals surface area contributed by atoms with Crippen LogP contribution in [0.15, 0.2) is 48.5 Å². The van der Waals surface area contributed by atoms with Crippen LogP contribution in [0.25, 0.3) is 10.8 Å². The summed E-state index contributed by atoms with van der Waals surface area (Å²) in [7, 11) is 0. The molecule has 0 saturated carbocycles. The molecule has 0 amide bonds. The van der Waals surface area contributed by atoms with Gasteiger partial charge in [0.25, 0.3) is 0 Å². The lowest BCUT2D eigenvalue weighted by molar-refractivity contribution is -0.136. The Balaban J connectivity index is 0.000000222. The molecule has 0 aliphatic carbocycles. The minimum absolute atomic E-state index is 0.0258. The Labute approximate surface area is 127 Å². The Morgan fingerprint density at radius 2 is 1.23 bits per heavy atom. The number of aliphatic hydroxyl groups is 5. The van der Waals surface area contributed by atoms with E-state index < -0.39 is 31.0 Å². The van der Waals surface area contributed by atoms with E-state index in [1.54, 1.807) is 0 Å². The maximum absolute atomic E-state index is 9.90. The molecule has 120 valence electrons. The van der Waals surface area contributed by atoms with Crippen molar-refractivity contribution in [1.29, 1.82) is 0 Å². The topological polar surface area (TPSA) is 118 Å². The van der Waals surface area contributed by atoms with Gasteiger partial charge in [-0.15, -0.1) is 0 Å². The Bertz CT molecular complexity index is 508. The van der Waals surface area contributed by atoms with Crippen LogP contribution in [0, 0.1) is 0 Å². The molecule has 6 heteroatoms. The zero-order chi connectivity index (χ0) is 16.5. The molecule has 0 bridgehead atoms. The zero-order valence-corrected chi connectivity index (χ0v) is 11.9. The van der Waals surface area contributed by atoms with E-state index in [2.05, 4.69) is 48.5 Å². The first kappa shape index (κ1) is 18.2. The SMILES string of the molecule is O=C[C@H](O)[C@@H](O)[C@H](O)[C@H](O)CO.c1ccc2ccccc2c1. The molecule has 6 nitrogen and oxygen atoms in total. The van der Waals surface area contributed by atoms with Gasteiger partial charge in [-0.05, 0) is 10.8 Å². The second-order valence-corrected chi connectivity index (χ2v) is 4.70. The molecule has 2 aromatic rings. The van der Waals surface area contributed by atoms with Gasteiger partial charge in [0, 0.05) is 0 Å². The van der Waals surface area contributed by atoms with Crippen LogP contribution in [0.5, 0.6) is 0 Å². The molecule has 2 aromatic carbocycles. The van der Waals surface area contributed by atoms with E-state index in [1.165, 1.54) is 10.8 Å². The van der Waals surface area contributed by atoms with Gasteiger partial charge in [0.15, 0.2) is 6.29 Å². The van der Waals surface area contributed by atoms with Crippen molar-refractivity contribution in [3.63, 3.8) is 0 Å². The first-order chi connectivity index (χ1) is 10.5. The monoisotopic (exact) mass is 308 g/mol. The number of hydrogen-bond acceptors (Lipinski definition) is 6. The van der Waals surface area contributed by atoms with E-state index in [-0.39, 0.29) is 6.29 Å². The highest BCUT2D eigenvalue weighted by molar-refractivity contribution is 5.81. The second kappa shape index (κ2) is 9.24. The molecule has 4 atom stereocenters. The smallest absolute Gasteiger partial charge is 0.151 e. The van der Waals surface area contributed by atoms with Crippen molar-refractivity contribution < 1.29 is 30.3 Å². The van der Waals surface area contributed by atoms with E-state index in [1.807, 2.05) is 0 Å². The van der Waals surface area contributed by atoms with Crippen molar-refractivity contribution in [3.8, 4) is 0 Å². The van der Waals surface area contributed by atoms with Gasteiger partial charge in [0.1, 0.15) is 24.4 Å². The molecule has 2 rings (SSSR count). The van der Waals surface area contributed by atoms with E-state index in [0.717, 1.165) is 0 Å². The van der Waals surface area contributed by atoms with E-state index in [4.69, 9.17) is 25.5 Å². The summed E-state index contributed by atoms with van der Waals surface area (Å²) in [4.78, 5) is 9.90. The standard InChI is InChI=1S/C10H8.C6H12O6/c1-2-6-10-8-4-3-7-9(10)5-1;7-1-3(9)5(11)6(12)4(10)2-8/h1-8H;1,3-6,8-12H,2H2/t;3-,4+,5+,6+/m.0/s1. The molecular formula is C16H20O6. The number of rotatable bonds is 5. The zero-order valence-electron chi connectivity index (χ0n) is 11.9. The molecule has 0 aliphatic rings. The fourth-order valence-electron chi connectivity index (χ4n) is 1.75. The van der Waals surface area contributed by atoms with Gasteiger partial charge in [-0.25, -0.2) is 0 Å². The Morgan fingerprint density at radius 1 is 0.818 bits per heavy atom. The van der Waals surface area contributed by atoms with Crippen LogP contribution in [0.2, 0.25) is 0 Å². The summed E-state index contributed by atoms with van der Waals surface area (Å²) >= 11 is 0. The molecule has 22 heavy (non-hydrogen) atoms. The molecular weight excluding hydrogens is 288 g/mol. The summed E-state index contributed by atoms with van der Waals surface area (Å²) < 4.78 is 0. The number of carbonyl (C=O) groups excluding carboxylic acids is 1. The summed E-state index contributed by atoms with van der Waals surface area (Å²) in [5.41, 5.74) is 0. The largest absolute Gasteiger partial charge is 0.394 e. The summed E-state index contributed by atoms with van der Waals surface area (Å²) in [5, 5.41) is 46.2. The lowest BCUT2D eigenvalue weighted by Crippen LogP contribution is -2.46. The highest BCUT2D eigenvalue weighted by Crippen LogP contribution is 2.11. The van der Waals surface area contributed by atoms with Crippen LogP contribution in [0.4, 0.5) is 0 Å². The predicted octanol–water partition coefficient (Wildman–Crippen LogP) is -0.539. The summed E-state index contributed by atoms with van der Waals surface area (Å²) in [6.45, 7) is -0.760. The quantitative estimate of drug-likeness (QED) is 0.474. The Kier molecular flexibility index (Phi) is 7.65. The van der Waals surface area contributed by atoms with Gasteiger partial charge in [0.2, 0.25) is 0 Å². The average Bonchev–Trinajstić information content (AvgIpc) is 2.59. The predicted molar refractivity (Wildman–Crippen MR) is 81.1 cm³/mol. The van der Waals surface area contributed by atoms with E-state index in [9.17, 15) is 4.79 Å². The van der Waals surface area contributed by atoms with Crippen LogP contribution in [-0.4, -0.2) is 62.8 Å². The number of carbonyl (C=O) groups is 1. The van der Waals surface area contributed by atoms with Crippen LogP contribution < -0.4 is 0 Å². The molecule has 0 aliphatic heterocycles. The number of fused-ring (bicyclic) bond motifs is 1. The molecule has 0 aromatic heterocycles. The second-order valence-electron chi connectivity index (χ2n) is 4.70. The lowest BCUT2D eigenvalue weighted by Gasteiger charge is -2.22. The minimum Gasteiger partial charge on any atom is -0.394 e. The lowest BCUT2D eigenvalue weighted by atomic mass is 10.0. The van der Waals surface area contributed by atoms with E-state index in [0.29, 0.717) is 0 Å². The van der Waals surface area contributed by atoms with Gasteiger partial charge in [0.05, 0.1) is 6.61 Å². The van der Waals surface area contributed by atoms with Crippen molar-refractivity contribution in [2.45, 2.75) is 24.4 Å². The molecule has 5 N–H and O–H groups in total. The number of aliphatic hydroxyl groups excluding tert-OH is 5. The van der Waals surface area contributed by atoms with Gasteiger partial charge < -0.3 is 30.3 Å². The first-order valence-corrected chi connectivity index (χ1v) is 6.73. The third-order valence-electron chi connectivity index (χ3n) is 3.08. The van der Waals surface area contributed by atoms with Gasteiger partial charge >= 0.3 is 0 Å². The third-order valence-corrected chi connectivity index (χ3v) is 3.08. The third kappa shape index (κ3) is 5.18. The van der Waals surface area contributed by atoms with Crippen molar-refractivity contribution in [2.75, 3.05) is 6.61 Å². The summed E-state index contributed by atoms with van der Waals surface area (Å²) in [6, 6.07) is 16.7. The maximum atomic E-state index is 9.90. The number of hydrogen-bond donors (Lipinski definition) is 5. The van der Waals surface area contributed by atoms with Crippen LogP contribution in [0.3, 0.4) is 0 Å². The van der Waals surface area contributed by atoms with Crippen LogP contribution in [-0.2, 0) is 4.79 Å². The molecule has 0 fully saturated rings. The number of aldehydes is 1. The van der Waals surface area contributed by atoms with Gasteiger partial charge in [-0.3, -0.25) is 0 Å².